The second-order valence-corrected chi connectivity index (χ2v) is 2.55. The molecule has 58 valence electrons. The zero-order valence-electron chi connectivity index (χ0n) is 5.63. The molecule has 0 spiro atoms. The van der Waals surface area contributed by atoms with Crippen LogP contribution in [0.2, 0.25) is 0 Å². The molecule has 1 N–H and O–H groups in total. The molecule has 0 aliphatic rings. The van der Waals surface area contributed by atoms with Gasteiger partial charge in [0.05, 0.1) is 5.33 Å². The number of ketones is 2. The maximum atomic E-state index is 11.0. The zero-order valence-corrected chi connectivity index (χ0v) is 7.22. The van der Waals surface area contributed by atoms with Crippen molar-refractivity contribution in [3.8, 4) is 0 Å². The number of halogens is 1. The van der Waals surface area contributed by atoms with Gasteiger partial charge >= 0.3 is 0 Å². The van der Waals surface area contributed by atoms with Crippen molar-refractivity contribution >= 4 is 27.5 Å². The monoisotopic (exact) mass is 215 g/mol. The van der Waals surface area contributed by atoms with Crippen LogP contribution in [0.25, 0.3) is 0 Å². The number of carbonyl (C=O) groups excluding carboxylic acids is 2. The minimum Gasteiger partial charge on any atom is -0.367 e. The van der Waals surface area contributed by atoms with Crippen molar-refractivity contribution in [2.24, 2.45) is 0 Å². The SMILES string of the molecule is O=C(CBr)C(=O)c1cc[nH]c1. The van der Waals surface area contributed by atoms with E-state index < -0.39 is 11.6 Å². The molecular formula is C7H6BrNO2. The molecule has 11 heavy (non-hydrogen) atoms. The van der Waals surface area contributed by atoms with Gasteiger partial charge in [-0.05, 0) is 6.07 Å². The molecule has 1 rings (SSSR count). The molecule has 0 atom stereocenters. The second kappa shape index (κ2) is 3.48. The molecule has 0 aliphatic carbocycles. The summed E-state index contributed by atoms with van der Waals surface area (Å²) in [5, 5.41) is 0.0804. The molecule has 0 fully saturated rings. The molecule has 0 unspecified atom stereocenters. The van der Waals surface area contributed by atoms with Gasteiger partial charge in [-0.3, -0.25) is 9.59 Å². The molecule has 0 saturated carbocycles. The highest BCUT2D eigenvalue weighted by molar-refractivity contribution is 9.09. The molecule has 0 amide bonds. The van der Waals surface area contributed by atoms with E-state index in [1.54, 1.807) is 12.3 Å². The topological polar surface area (TPSA) is 49.9 Å². The highest BCUT2D eigenvalue weighted by Crippen LogP contribution is 2.00. The van der Waals surface area contributed by atoms with Crippen LogP contribution in [0.4, 0.5) is 0 Å². The summed E-state index contributed by atoms with van der Waals surface area (Å²) < 4.78 is 0. The Bertz CT molecular complexity index is 266. The number of carbonyl (C=O) groups is 2. The van der Waals surface area contributed by atoms with Crippen LogP contribution in [0.1, 0.15) is 10.4 Å². The van der Waals surface area contributed by atoms with E-state index in [1.807, 2.05) is 0 Å². The molecule has 1 aromatic heterocycles. The summed E-state index contributed by atoms with van der Waals surface area (Å²) in [6, 6.07) is 1.57. The summed E-state index contributed by atoms with van der Waals surface area (Å²) in [7, 11) is 0. The van der Waals surface area contributed by atoms with E-state index in [9.17, 15) is 9.59 Å². The van der Waals surface area contributed by atoms with E-state index in [0.717, 1.165) is 0 Å². The molecule has 0 radical (unpaired) electrons. The van der Waals surface area contributed by atoms with E-state index in [4.69, 9.17) is 0 Å². The van der Waals surface area contributed by atoms with Crippen LogP contribution in [0.15, 0.2) is 18.5 Å². The first-order valence-electron chi connectivity index (χ1n) is 3.02. The first kappa shape index (κ1) is 8.20. The summed E-state index contributed by atoms with van der Waals surface area (Å²) >= 11 is 2.92. The minimum absolute atomic E-state index is 0.0804. The van der Waals surface area contributed by atoms with Crippen LogP contribution in [0.5, 0.6) is 0 Å². The minimum atomic E-state index is -0.455. The Balaban J connectivity index is 2.79. The molecule has 0 bridgehead atoms. The number of nitrogens with one attached hydrogen (secondary N) is 1. The zero-order chi connectivity index (χ0) is 8.27. The quantitative estimate of drug-likeness (QED) is 0.468. The van der Waals surface area contributed by atoms with Crippen LogP contribution in [0, 0.1) is 0 Å². The maximum Gasteiger partial charge on any atom is 0.230 e. The lowest BCUT2D eigenvalue weighted by atomic mass is 10.2. The molecule has 3 nitrogen and oxygen atoms in total. The smallest absolute Gasteiger partial charge is 0.230 e. The van der Waals surface area contributed by atoms with Crippen molar-refractivity contribution in [3.05, 3.63) is 24.0 Å². The van der Waals surface area contributed by atoms with Crippen LogP contribution in [-0.4, -0.2) is 21.9 Å². The normalized spacial score (nSPS) is 9.55. The van der Waals surface area contributed by atoms with Crippen molar-refractivity contribution in [2.45, 2.75) is 0 Å². The van der Waals surface area contributed by atoms with E-state index in [-0.39, 0.29) is 5.33 Å². The Labute approximate surface area is 71.9 Å². The highest BCUT2D eigenvalue weighted by atomic mass is 79.9. The number of rotatable bonds is 3. The van der Waals surface area contributed by atoms with Crippen molar-refractivity contribution in [1.82, 2.24) is 4.98 Å². The number of H-pyrrole nitrogens is 1. The van der Waals surface area contributed by atoms with Gasteiger partial charge in [0.2, 0.25) is 11.6 Å². The molecule has 0 aromatic carbocycles. The summed E-state index contributed by atoms with van der Waals surface area (Å²) in [6.07, 6.45) is 3.11. The van der Waals surface area contributed by atoms with E-state index >= 15 is 0 Å². The number of hydrogen-bond acceptors (Lipinski definition) is 2. The predicted molar refractivity (Wildman–Crippen MR) is 43.9 cm³/mol. The fourth-order valence-corrected chi connectivity index (χ4v) is 0.941. The molecule has 0 aliphatic heterocycles. The molecule has 0 saturated heterocycles. The predicted octanol–water partition coefficient (Wildman–Crippen LogP) is 1.16. The summed E-state index contributed by atoms with van der Waals surface area (Å²) in [6.45, 7) is 0. The van der Waals surface area contributed by atoms with Gasteiger partial charge in [0, 0.05) is 18.0 Å². The van der Waals surface area contributed by atoms with Gasteiger partial charge in [-0.1, -0.05) is 15.9 Å². The molecule has 1 heterocycles. The van der Waals surface area contributed by atoms with Gasteiger partial charge in [-0.25, -0.2) is 0 Å². The maximum absolute atomic E-state index is 11.0. The lowest BCUT2D eigenvalue weighted by molar-refractivity contribution is -0.112. The third-order valence-electron chi connectivity index (χ3n) is 1.23. The van der Waals surface area contributed by atoms with Gasteiger partial charge in [0.15, 0.2) is 0 Å². The van der Waals surface area contributed by atoms with Gasteiger partial charge in [-0.2, -0.15) is 0 Å². The molecule has 1 aromatic rings. The van der Waals surface area contributed by atoms with Crippen LogP contribution in [0.3, 0.4) is 0 Å². The Morgan fingerprint density at radius 2 is 2.27 bits per heavy atom. The van der Waals surface area contributed by atoms with Gasteiger partial charge in [0.25, 0.3) is 0 Å². The largest absolute Gasteiger partial charge is 0.367 e. The average molecular weight is 216 g/mol. The third kappa shape index (κ3) is 1.77. The number of hydrogen-bond donors (Lipinski definition) is 1. The van der Waals surface area contributed by atoms with Crippen molar-refractivity contribution < 1.29 is 9.59 Å². The first-order valence-corrected chi connectivity index (χ1v) is 4.14. The summed E-state index contributed by atoms with van der Waals surface area (Å²) in [5.74, 6) is -0.882. The Kier molecular flexibility index (Phi) is 2.59. The average Bonchev–Trinajstić information content (AvgIpc) is 2.53. The van der Waals surface area contributed by atoms with E-state index in [1.165, 1.54) is 6.20 Å². The lowest BCUT2D eigenvalue weighted by Gasteiger charge is -1.89. The standard InChI is InChI=1S/C7H6BrNO2/c8-3-6(10)7(11)5-1-2-9-4-5/h1-2,4,9H,3H2. The van der Waals surface area contributed by atoms with Crippen LogP contribution < -0.4 is 0 Å². The molecular weight excluding hydrogens is 210 g/mol. The second-order valence-electron chi connectivity index (χ2n) is 1.99. The van der Waals surface area contributed by atoms with Gasteiger partial charge < -0.3 is 4.98 Å². The lowest BCUT2D eigenvalue weighted by Crippen LogP contribution is -2.14. The van der Waals surface area contributed by atoms with Crippen molar-refractivity contribution in [1.29, 1.82) is 0 Å². The van der Waals surface area contributed by atoms with Crippen molar-refractivity contribution in [3.63, 3.8) is 0 Å². The van der Waals surface area contributed by atoms with Gasteiger partial charge in [0.1, 0.15) is 0 Å². The Morgan fingerprint density at radius 1 is 1.55 bits per heavy atom. The van der Waals surface area contributed by atoms with Crippen LogP contribution >= 0.6 is 15.9 Å². The highest BCUT2D eigenvalue weighted by Gasteiger charge is 2.13. The van der Waals surface area contributed by atoms with E-state index in [0.29, 0.717) is 5.56 Å². The number of Topliss-reactive ketones (excluding diaryl/α,β-unsaturated/α-hetero) is 2. The number of aromatic nitrogens is 1. The fourth-order valence-electron chi connectivity index (χ4n) is 0.687. The number of alkyl halides is 1. The van der Waals surface area contributed by atoms with Gasteiger partial charge in [-0.15, -0.1) is 0 Å². The van der Waals surface area contributed by atoms with Crippen molar-refractivity contribution in [2.75, 3.05) is 5.33 Å². The molecule has 4 heteroatoms. The summed E-state index contributed by atoms with van der Waals surface area (Å²) in [4.78, 5) is 24.5. The first-order chi connectivity index (χ1) is 5.25. The Hall–Kier alpha value is -0.900. The van der Waals surface area contributed by atoms with Crippen LogP contribution in [-0.2, 0) is 4.79 Å². The Morgan fingerprint density at radius 3 is 2.73 bits per heavy atom. The van der Waals surface area contributed by atoms with E-state index in [2.05, 4.69) is 20.9 Å². The fraction of sp³-hybridized carbons (Fsp3) is 0.143. The summed E-state index contributed by atoms with van der Waals surface area (Å²) in [5.41, 5.74) is 0.412. The third-order valence-corrected chi connectivity index (χ3v) is 1.74. The number of aromatic amines is 1.